The molecule has 2 aromatic rings. The van der Waals surface area contributed by atoms with Gasteiger partial charge in [-0.1, -0.05) is 6.92 Å². The second kappa shape index (κ2) is 5.27. The van der Waals surface area contributed by atoms with E-state index in [0.29, 0.717) is 12.2 Å². The highest BCUT2D eigenvalue weighted by atomic mass is 19.1. The number of nitrogens with two attached hydrogens (primary N) is 1. The summed E-state index contributed by atoms with van der Waals surface area (Å²) in [5.41, 5.74) is 7.93. The lowest BCUT2D eigenvalue weighted by Crippen LogP contribution is -2.05. The first-order valence-corrected chi connectivity index (χ1v) is 6.00. The van der Waals surface area contributed by atoms with E-state index in [0.717, 1.165) is 23.6 Å². The molecule has 0 aliphatic heterocycles. The number of nitrogens with one attached hydrogen (secondary N) is 1. The van der Waals surface area contributed by atoms with Gasteiger partial charge in [-0.05, 0) is 32.0 Å². The van der Waals surface area contributed by atoms with E-state index < -0.39 is 0 Å². The van der Waals surface area contributed by atoms with E-state index >= 15 is 0 Å². The molecule has 1 atom stereocenters. The fraction of sp³-hybridized carbons (Fsp3) is 0.385. The minimum absolute atomic E-state index is 0.280. The van der Waals surface area contributed by atoms with Gasteiger partial charge in [0.1, 0.15) is 17.3 Å². The first-order chi connectivity index (χ1) is 8.61. The third-order valence-electron chi connectivity index (χ3n) is 2.94. The summed E-state index contributed by atoms with van der Waals surface area (Å²) in [6.07, 6.45) is 2.08. The average molecular weight is 248 g/mol. The summed E-state index contributed by atoms with van der Waals surface area (Å²) in [5, 5.41) is 0. The lowest BCUT2D eigenvalue weighted by molar-refractivity contribution is 0.621. The van der Waals surface area contributed by atoms with Crippen molar-refractivity contribution in [1.82, 2.24) is 15.0 Å². The molecule has 0 saturated heterocycles. The van der Waals surface area contributed by atoms with E-state index in [4.69, 9.17) is 5.73 Å². The number of hydrogen-bond donors (Lipinski definition) is 2. The molecule has 18 heavy (non-hydrogen) atoms. The van der Waals surface area contributed by atoms with Crippen molar-refractivity contribution in [3.8, 4) is 11.4 Å². The second-order valence-corrected chi connectivity index (χ2v) is 4.44. The third kappa shape index (κ3) is 2.56. The summed E-state index contributed by atoms with van der Waals surface area (Å²) < 4.78 is 12.8. The summed E-state index contributed by atoms with van der Waals surface area (Å²) in [7, 11) is 0. The van der Waals surface area contributed by atoms with Crippen LogP contribution >= 0.6 is 0 Å². The quantitative estimate of drug-likeness (QED) is 0.872. The molecule has 0 bridgehead atoms. The Kier molecular flexibility index (Phi) is 3.72. The van der Waals surface area contributed by atoms with Crippen molar-refractivity contribution in [2.24, 2.45) is 5.73 Å². The second-order valence-electron chi connectivity index (χ2n) is 4.44. The first kappa shape index (κ1) is 12.7. The molecule has 3 N–H and O–H groups in total. The van der Waals surface area contributed by atoms with Crippen molar-refractivity contribution in [3.63, 3.8) is 0 Å². The zero-order valence-corrected chi connectivity index (χ0v) is 10.6. The lowest BCUT2D eigenvalue weighted by Gasteiger charge is -2.04. The SMILES string of the molecule is Cc1[nH]c(C(C)CCN)nc1-c1ccc(F)cn1. The topological polar surface area (TPSA) is 67.6 Å². The highest BCUT2D eigenvalue weighted by Gasteiger charge is 2.14. The van der Waals surface area contributed by atoms with Gasteiger partial charge in [-0.3, -0.25) is 4.98 Å². The predicted molar refractivity (Wildman–Crippen MR) is 68.6 cm³/mol. The molecule has 2 aromatic heterocycles. The molecule has 0 aromatic carbocycles. The van der Waals surface area contributed by atoms with Crippen LogP contribution in [0, 0.1) is 12.7 Å². The number of hydrogen-bond acceptors (Lipinski definition) is 3. The molecular formula is C13H17FN4. The smallest absolute Gasteiger partial charge is 0.141 e. The zero-order chi connectivity index (χ0) is 13.1. The number of H-pyrrole nitrogens is 1. The minimum atomic E-state index is -0.344. The summed E-state index contributed by atoms with van der Waals surface area (Å²) in [5.74, 6) is 0.839. The Balaban J connectivity index is 2.31. The number of halogens is 1. The van der Waals surface area contributed by atoms with Crippen molar-refractivity contribution in [1.29, 1.82) is 0 Å². The molecule has 2 heterocycles. The molecule has 0 amide bonds. The van der Waals surface area contributed by atoms with E-state index in [1.54, 1.807) is 6.07 Å². The lowest BCUT2D eigenvalue weighted by atomic mass is 10.1. The van der Waals surface area contributed by atoms with Crippen LogP contribution in [0.5, 0.6) is 0 Å². The highest BCUT2D eigenvalue weighted by molar-refractivity contribution is 5.57. The Morgan fingerprint density at radius 1 is 1.44 bits per heavy atom. The predicted octanol–water partition coefficient (Wildman–Crippen LogP) is 2.37. The summed E-state index contributed by atoms with van der Waals surface area (Å²) in [6, 6.07) is 3.02. The van der Waals surface area contributed by atoms with E-state index in [2.05, 4.69) is 21.9 Å². The summed E-state index contributed by atoms with van der Waals surface area (Å²) in [6.45, 7) is 4.64. The molecule has 0 radical (unpaired) electrons. The number of rotatable bonds is 4. The van der Waals surface area contributed by atoms with Crippen LogP contribution < -0.4 is 5.73 Å². The van der Waals surface area contributed by atoms with E-state index in [1.807, 2.05) is 6.92 Å². The van der Waals surface area contributed by atoms with Crippen molar-refractivity contribution < 1.29 is 4.39 Å². The van der Waals surface area contributed by atoms with Gasteiger partial charge < -0.3 is 10.7 Å². The monoisotopic (exact) mass is 248 g/mol. The Morgan fingerprint density at radius 2 is 2.22 bits per heavy atom. The van der Waals surface area contributed by atoms with Crippen LogP contribution in [-0.2, 0) is 0 Å². The van der Waals surface area contributed by atoms with Gasteiger partial charge in [0, 0.05) is 11.6 Å². The van der Waals surface area contributed by atoms with Gasteiger partial charge >= 0.3 is 0 Å². The van der Waals surface area contributed by atoms with Gasteiger partial charge in [-0.2, -0.15) is 0 Å². The van der Waals surface area contributed by atoms with Crippen LogP contribution in [0.3, 0.4) is 0 Å². The molecule has 0 saturated carbocycles. The maximum absolute atomic E-state index is 12.8. The molecule has 1 unspecified atom stereocenters. The van der Waals surface area contributed by atoms with Gasteiger partial charge in [0.25, 0.3) is 0 Å². The zero-order valence-electron chi connectivity index (χ0n) is 10.6. The Morgan fingerprint density at radius 3 is 2.83 bits per heavy atom. The maximum Gasteiger partial charge on any atom is 0.141 e. The van der Waals surface area contributed by atoms with E-state index in [9.17, 15) is 4.39 Å². The fourth-order valence-electron chi connectivity index (χ4n) is 1.87. The summed E-state index contributed by atoms with van der Waals surface area (Å²) >= 11 is 0. The van der Waals surface area contributed by atoms with E-state index in [1.165, 1.54) is 12.3 Å². The van der Waals surface area contributed by atoms with Gasteiger partial charge in [-0.15, -0.1) is 0 Å². The van der Waals surface area contributed by atoms with Crippen LogP contribution in [0.2, 0.25) is 0 Å². The number of aromatic amines is 1. The van der Waals surface area contributed by atoms with Crippen LogP contribution in [0.25, 0.3) is 11.4 Å². The van der Waals surface area contributed by atoms with Crippen molar-refractivity contribution in [2.45, 2.75) is 26.2 Å². The average Bonchev–Trinajstić information content (AvgIpc) is 2.73. The molecule has 0 spiro atoms. The van der Waals surface area contributed by atoms with Crippen molar-refractivity contribution >= 4 is 0 Å². The molecule has 96 valence electrons. The fourth-order valence-corrected chi connectivity index (χ4v) is 1.87. The number of nitrogens with zero attached hydrogens (tertiary/aromatic N) is 2. The largest absolute Gasteiger partial charge is 0.345 e. The van der Waals surface area contributed by atoms with Crippen LogP contribution in [-0.4, -0.2) is 21.5 Å². The molecule has 2 rings (SSSR count). The first-order valence-electron chi connectivity index (χ1n) is 6.00. The van der Waals surface area contributed by atoms with Crippen molar-refractivity contribution in [2.75, 3.05) is 6.54 Å². The highest BCUT2D eigenvalue weighted by Crippen LogP contribution is 2.23. The van der Waals surface area contributed by atoms with Gasteiger partial charge in [0.2, 0.25) is 0 Å². The van der Waals surface area contributed by atoms with Crippen LogP contribution in [0.4, 0.5) is 4.39 Å². The van der Waals surface area contributed by atoms with Gasteiger partial charge in [0.05, 0.1) is 11.9 Å². The Bertz CT molecular complexity index is 518. The van der Waals surface area contributed by atoms with Crippen LogP contribution in [0.1, 0.15) is 30.8 Å². The standard InChI is InChI=1S/C13H17FN4/c1-8(5-6-15)13-17-9(2)12(18-13)11-4-3-10(14)7-16-11/h3-4,7-8H,5-6,15H2,1-2H3,(H,17,18). The maximum atomic E-state index is 12.8. The number of aryl methyl sites for hydroxylation is 1. The normalized spacial score (nSPS) is 12.7. The minimum Gasteiger partial charge on any atom is -0.345 e. The molecule has 0 fully saturated rings. The molecule has 0 aliphatic rings. The number of aromatic nitrogens is 3. The third-order valence-corrected chi connectivity index (χ3v) is 2.94. The number of pyridine rings is 1. The Hall–Kier alpha value is -1.75. The van der Waals surface area contributed by atoms with Gasteiger partial charge in [0.15, 0.2) is 0 Å². The molecule has 4 nitrogen and oxygen atoms in total. The van der Waals surface area contributed by atoms with Crippen molar-refractivity contribution in [3.05, 3.63) is 35.7 Å². The summed E-state index contributed by atoms with van der Waals surface area (Å²) in [4.78, 5) is 11.8. The van der Waals surface area contributed by atoms with Crippen LogP contribution in [0.15, 0.2) is 18.3 Å². The molecular weight excluding hydrogens is 231 g/mol. The number of imidazole rings is 1. The Labute approximate surface area is 105 Å². The van der Waals surface area contributed by atoms with Gasteiger partial charge in [-0.25, -0.2) is 9.37 Å². The molecule has 0 aliphatic carbocycles. The molecule has 5 heteroatoms. The van der Waals surface area contributed by atoms with E-state index in [-0.39, 0.29) is 11.7 Å².